The summed E-state index contributed by atoms with van der Waals surface area (Å²) < 4.78 is 0. The molecule has 1 fully saturated rings. The molecular weight excluding hydrogens is 452 g/mol. The van der Waals surface area contributed by atoms with Crippen LogP contribution in [-0.4, -0.2) is 35.2 Å². The van der Waals surface area contributed by atoms with Crippen LogP contribution in [0.1, 0.15) is 52.8 Å². The normalized spacial score (nSPS) is 13.8. The van der Waals surface area contributed by atoms with Crippen LogP contribution in [0.3, 0.4) is 0 Å². The van der Waals surface area contributed by atoms with Crippen molar-refractivity contribution < 1.29 is 19.8 Å². The minimum Gasteiger partial charge on any atom is -0.507 e. The van der Waals surface area contributed by atoms with Gasteiger partial charge in [0, 0.05) is 18.8 Å². The van der Waals surface area contributed by atoms with Gasteiger partial charge in [0.05, 0.1) is 16.8 Å². The molecule has 3 aromatic rings. The second kappa shape index (κ2) is 11.6. The lowest BCUT2D eigenvalue weighted by Crippen LogP contribution is -2.27. The molecule has 0 bridgehead atoms. The van der Waals surface area contributed by atoms with Gasteiger partial charge in [0.15, 0.2) is 0 Å². The van der Waals surface area contributed by atoms with Gasteiger partial charge in [-0.05, 0) is 54.3 Å². The summed E-state index contributed by atoms with van der Waals surface area (Å²) >= 11 is 0. The first-order chi connectivity index (χ1) is 16.0. The predicted octanol–water partition coefficient (Wildman–Crippen LogP) is 6.20. The van der Waals surface area contributed by atoms with Gasteiger partial charge >= 0.3 is 5.97 Å². The van der Waals surface area contributed by atoms with E-state index in [-0.39, 0.29) is 35.0 Å². The summed E-state index contributed by atoms with van der Waals surface area (Å²) in [5.41, 5.74) is 2.88. The average Bonchev–Trinajstić information content (AvgIpc) is 2.80. The molecule has 0 saturated carbocycles. The Kier molecular flexibility index (Phi) is 8.55. The minimum atomic E-state index is -1.14. The quantitative estimate of drug-likeness (QED) is 0.404. The number of hydrogen-bond acceptors (Lipinski definition) is 4. The molecule has 178 valence electrons. The first-order valence-electron chi connectivity index (χ1n) is 11.3. The maximum Gasteiger partial charge on any atom is 0.337 e. The highest BCUT2D eigenvalue weighted by Gasteiger charge is 2.19. The lowest BCUT2D eigenvalue weighted by molar-refractivity contribution is 0.0698. The molecule has 0 radical (unpaired) electrons. The zero-order valence-electron chi connectivity index (χ0n) is 18.9. The fourth-order valence-electron chi connectivity index (χ4n) is 4.24. The van der Waals surface area contributed by atoms with Crippen LogP contribution in [0.15, 0.2) is 66.7 Å². The van der Waals surface area contributed by atoms with Gasteiger partial charge < -0.3 is 20.4 Å². The largest absolute Gasteiger partial charge is 0.507 e. The van der Waals surface area contributed by atoms with Crippen LogP contribution in [0.4, 0.5) is 11.4 Å². The fraction of sp³-hybridized carbons (Fsp3) is 0.259. The van der Waals surface area contributed by atoms with Crippen molar-refractivity contribution in [1.82, 2.24) is 0 Å². The number of rotatable bonds is 5. The molecule has 1 aliphatic rings. The summed E-state index contributed by atoms with van der Waals surface area (Å²) in [7, 11) is 0. The van der Waals surface area contributed by atoms with Gasteiger partial charge in [-0.1, -0.05) is 55.7 Å². The number of anilines is 2. The second-order valence-corrected chi connectivity index (χ2v) is 8.34. The van der Waals surface area contributed by atoms with E-state index in [9.17, 15) is 19.8 Å². The zero-order valence-corrected chi connectivity index (χ0v) is 19.7. The predicted molar refractivity (Wildman–Crippen MR) is 137 cm³/mol. The number of nitrogens with one attached hydrogen (secondary N) is 1. The molecular formula is C27H29ClN2O4. The van der Waals surface area contributed by atoms with Crippen molar-refractivity contribution in [2.45, 2.75) is 32.1 Å². The zero-order chi connectivity index (χ0) is 23.2. The topological polar surface area (TPSA) is 89.9 Å². The van der Waals surface area contributed by atoms with E-state index in [0.717, 1.165) is 42.7 Å². The smallest absolute Gasteiger partial charge is 0.337 e. The first-order valence-corrected chi connectivity index (χ1v) is 11.3. The Morgan fingerprint density at radius 2 is 1.44 bits per heavy atom. The number of hydrogen-bond donors (Lipinski definition) is 3. The van der Waals surface area contributed by atoms with E-state index in [1.807, 2.05) is 36.4 Å². The molecule has 1 heterocycles. The highest BCUT2D eigenvalue weighted by atomic mass is 35.5. The molecule has 1 aliphatic heterocycles. The molecule has 1 amide bonds. The summed E-state index contributed by atoms with van der Waals surface area (Å²) in [6.07, 6.45) is 5.83. The maximum absolute atomic E-state index is 13.1. The molecule has 1 saturated heterocycles. The third kappa shape index (κ3) is 5.88. The van der Waals surface area contributed by atoms with Crippen LogP contribution in [0.25, 0.3) is 11.1 Å². The van der Waals surface area contributed by atoms with E-state index >= 15 is 0 Å². The van der Waals surface area contributed by atoms with E-state index in [4.69, 9.17) is 0 Å². The Morgan fingerprint density at radius 1 is 0.765 bits per heavy atom. The van der Waals surface area contributed by atoms with Gasteiger partial charge in [0.25, 0.3) is 5.91 Å². The minimum absolute atomic E-state index is 0. The Labute approximate surface area is 205 Å². The number of carboxylic acid groups (broad SMARTS) is 1. The van der Waals surface area contributed by atoms with Gasteiger partial charge in [-0.2, -0.15) is 0 Å². The number of nitrogens with zero attached hydrogens (tertiary/aromatic N) is 1. The second-order valence-electron chi connectivity index (χ2n) is 8.34. The van der Waals surface area contributed by atoms with Gasteiger partial charge in [-0.3, -0.25) is 4.79 Å². The lowest BCUT2D eigenvalue weighted by Gasteiger charge is -2.27. The average molecular weight is 481 g/mol. The number of aromatic hydroxyl groups is 1. The monoisotopic (exact) mass is 480 g/mol. The molecule has 6 nitrogen and oxygen atoms in total. The molecule has 3 N–H and O–H groups in total. The Bertz CT molecular complexity index is 1140. The molecule has 34 heavy (non-hydrogen) atoms. The third-order valence-corrected chi connectivity index (χ3v) is 6.05. The number of amides is 1. The Morgan fingerprint density at radius 3 is 2.12 bits per heavy atom. The van der Waals surface area contributed by atoms with E-state index in [2.05, 4.69) is 10.2 Å². The van der Waals surface area contributed by atoms with Crippen molar-refractivity contribution in [1.29, 1.82) is 0 Å². The fourth-order valence-corrected chi connectivity index (χ4v) is 4.24. The molecule has 0 spiro atoms. The number of carboxylic acids is 1. The third-order valence-electron chi connectivity index (χ3n) is 6.05. The van der Waals surface area contributed by atoms with Crippen molar-refractivity contribution in [3.63, 3.8) is 0 Å². The van der Waals surface area contributed by atoms with Gasteiger partial charge in [-0.15, -0.1) is 12.4 Å². The molecule has 0 aromatic heterocycles. The summed E-state index contributed by atoms with van der Waals surface area (Å²) in [6, 6.07) is 19.4. The highest BCUT2D eigenvalue weighted by molar-refractivity contribution is 6.10. The Balaban J connectivity index is 0.00000324. The number of phenolic OH excluding ortho intramolecular Hbond substituents is 1. The first kappa shape index (κ1) is 25.1. The maximum atomic E-state index is 13.1. The van der Waals surface area contributed by atoms with Crippen LogP contribution < -0.4 is 10.2 Å². The van der Waals surface area contributed by atoms with Crippen molar-refractivity contribution in [3.8, 4) is 16.9 Å². The molecule has 0 unspecified atom stereocenters. The van der Waals surface area contributed by atoms with E-state index in [1.54, 1.807) is 18.2 Å². The van der Waals surface area contributed by atoms with Crippen LogP contribution in [0.5, 0.6) is 5.75 Å². The summed E-state index contributed by atoms with van der Waals surface area (Å²) in [5, 5.41) is 22.7. The van der Waals surface area contributed by atoms with Crippen LogP contribution >= 0.6 is 12.4 Å². The van der Waals surface area contributed by atoms with E-state index in [0.29, 0.717) is 0 Å². The van der Waals surface area contributed by atoms with E-state index in [1.165, 1.54) is 31.4 Å². The highest BCUT2D eigenvalue weighted by Crippen LogP contribution is 2.29. The summed E-state index contributed by atoms with van der Waals surface area (Å²) in [4.78, 5) is 27.1. The van der Waals surface area contributed by atoms with Gasteiger partial charge in [-0.25, -0.2) is 4.79 Å². The van der Waals surface area contributed by atoms with Gasteiger partial charge in [0.2, 0.25) is 0 Å². The van der Waals surface area contributed by atoms with Crippen LogP contribution in [-0.2, 0) is 0 Å². The van der Waals surface area contributed by atoms with Crippen molar-refractivity contribution in [2.75, 3.05) is 23.3 Å². The molecule has 4 rings (SSSR count). The Hall–Kier alpha value is -3.51. The molecule has 0 aliphatic carbocycles. The van der Waals surface area contributed by atoms with Crippen molar-refractivity contribution in [2.24, 2.45) is 0 Å². The molecule has 0 atom stereocenters. The van der Waals surface area contributed by atoms with Crippen molar-refractivity contribution >= 4 is 35.7 Å². The van der Waals surface area contributed by atoms with E-state index < -0.39 is 11.9 Å². The standard InChI is InChI=1S/C27H28N2O4.ClH/c30-25-14-12-21(29-15-7-2-1-3-8-16-29)18-23(25)26(31)28-24-17-20(11-13-22(24)27(32)33)19-9-5-4-6-10-19;/h4-6,9-14,17-18,30H,1-3,7-8,15-16H2,(H,28,31)(H,32,33);1H. The number of carbonyl (C=O) groups excluding carboxylic acids is 1. The number of halogens is 1. The number of benzene rings is 3. The molecule has 7 heteroatoms. The number of aromatic carboxylic acids is 1. The molecule has 3 aromatic carbocycles. The lowest BCUT2D eigenvalue weighted by atomic mass is 10.0. The summed E-state index contributed by atoms with van der Waals surface area (Å²) in [6.45, 7) is 1.82. The van der Waals surface area contributed by atoms with Gasteiger partial charge in [0.1, 0.15) is 5.75 Å². The number of phenols is 1. The van der Waals surface area contributed by atoms with Crippen LogP contribution in [0.2, 0.25) is 0 Å². The van der Waals surface area contributed by atoms with Crippen LogP contribution in [0, 0.1) is 0 Å². The summed E-state index contributed by atoms with van der Waals surface area (Å²) in [5.74, 6) is -1.82. The SMILES string of the molecule is Cl.O=C(Nc1cc(-c2ccccc2)ccc1C(=O)O)c1cc(N2CCCCCCC2)ccc1O. The van der Waals surface area contributed by atoms with Crippen molar-refractivity contribution in [3.05, 3.63) is 77.9 Å². The number of carbonyl (C=O) groups is 2.